The third-order valence-corrected chi connectivity index (χ3v) is 4.80. The van der Waals surface area contributed by atoms with Crippen LogP contribution < -0.4 is 14.8 Å². The zero-order valence-electron chi connectivity index (χ0n) is 16.6. The van der Waals surface area contributed by atoms with Gasteiger partial charge < -0.3 is 19.7 Å². The third kappa shape index (κ3) is 4.74. The average Bonchev–Trinajstić information content (AvgIpc) is 2.69. The summed E-state index contributed by atoms with van der Waals surface area (Å²) in [6, 6.07) is 11.7. The van der Waals surface area contributed by atoms with E-state index in [1.54, 1.807) is 11.0 Å². The molecule has 28 heavy (non-hydrogen) atoms. The Morgan fingerprint density at radius 1 is 1.14 bits per heavy atom. The Morgan fingerprint density at radius 3 is 2.57 bits per heavy atom. The maximum Gasteiger partial charge on any atom is 0.318 e. The van der Waals surface area contributed by atoms with E-state index in [0.717, 1.165) is 16.9 Å². The number of halogens is 1. The fourth-order valence-electron chi connectivity index (χ4n) is 3.30. The minimum absolute atomic E-state index is 0.176. The maximum absolute atomic E-state index is 13.5. The maximum atomic E-state index is 13.5. The second-order valence-electron chi connectivity index (χ2n) is 7.22. The molecule has 1 N–H and O–H groups in total. The summed E-state index contributed by atoms with van der Waals surface area (Å²) in [4.78, 5) is 14.6. The van der Waals surface area contributed by atoms with Gasteiger partial charge in [-0.25, -0.2) is 9.18 Å². The Kier molecular flexibility index (Phi) is 6.39. The number of carbonyl (C=O) groups excluding carboxylic acids is 1. The number of carbonyl (C=O) groups is 1. The second-order valence-corrected chi connectivity index (χ2v) is 7.22. The lowest BCUT2D eigenvalue weighted by molar-refractivity contribution is 0.171. The van der Waals surface area contributed by atoms with Crippen molar-refractivity contribution in [1.82, 2.24) is 10.2 Å². The van der Waals surface area contributed by atoms with Crippen LogP contribution in [0.15, 0.2) is 42.5 Å². The second kappa shape index (κ2) is 8.95. The van der Waals surface area contributed by atoms with Crippen LogP contribution in [-0.4, -0.2) is 30.7 Å². The Balaban J connectivity index is 1.74. The van der Waals surface area contributed by atoms with E-state index in [-0.39, 0.29) is 23.8 Å². The molecule has 150 valence electrons. The molecule has 0 unspecified atom stereocenters. The zero-order valence-corrected chi connectivity index (χ0v) is 16.6. The van der Waals surface area contributed by atoms with E-state index in [1.807, 2.05) is 31.2 Å². The van der Waals surface area contributed by atoms with Gasteiger partial charge in [-0.1, -0.05) is 32.0 Å². The van der Waals surface area contributed by atoms with Gasteiger partial charge in [0.1, 0.15) is 19.0 Å². The standard InChI is InChI=1S/C22H27FN2O3/c1-4-25(14-16-6-5-7-18(23)12-16)22(26)24-21(15(2)3)17-8-9-19-20(13-17)28-11-10-27-19/h5-9,12-13,15,21H,4,10-11,14H2,1-3H3,(H,24,26)/t21-/m1/s1. The van der Waals surface area contributed by atoms with Crippen LogP contribution in [0.2, 0.25) is 0 Å². The van der Waals surface area contributed by atoms with Gasteiger partial charge in [-0.05, 0) is 48.2 Å². The number of fused-ring (bicyclic) bond motifs is 1. The Morgan fingerprint density at radius 2 is 1.89 bits per heavy atom. The number of amides is 2. The SMILES string of the molecule is CCN(Cc1cccc(F)c1)C(=O)N[C@@H](c1ccc2c(c1)OCCO2)C(C)C. The highest BCUT2D eigenvalue weighted by atomic mass is 19.1. The number of nitrogens with one attached hydrogen (secondary N) is 1. The van der Waals surface area contributed by atoms with E-state index in [1.165, 1.54) is 12.1 Å². The van der Waals surface area contributed by atoms with Gasteiger partial charge in [-0.3, -0.25) is 0 Å². The van der Waals surface area contributed by atoms with Gasteiger partial charge >= 0.3 is 6.03 Å². The molecule has 2 aromatic carbocycles. The van der Waals surface area contributed by atoms with E-state index in [0.29, 0.717) is 32.1 Å². The summed E-state index contributed by atoms with van der Waals surface area (Å²) < 4.78 is 24.7. The molecule has 3 rings (SSSR count). The average molecular weight is 386 g/mol. The first-order chi connectivity index (χ1) is 13.5. The predicted molar refractivity (Wildman–Crippen MR) is 106 cm³/mol. The molecular formula is C22H27FN2O3. The first-order valence-electron chi connectivity index (χ1n) is 9.67. The lowest BCUT2D eigenvalue weighted by atomic mass is 9.95. The van der Waals surface area contributed by atoms with Crippen molar-refractivity contribution in [1.29, 1.82) is 0 Å². The molecule has 2 amide bonds. The Bertz CT molecular complexity index is 825. The normalized spacial score (nSPS) is 13.9. The minimum atomic E-state index is -0.301. The fraction of sp³-hybridized carbons (Fsp3) is 0.409. The van der Waals surface area contributed by atoms with Crippen LogP contribution in [0.3, 0.4) is 0 Å². The molecule has 1 atom stereocenters. The van der Waals surface area contributed by atoms with Gasteiger partial charge in [0, 0.05) is 13.1 Å². The number of benzene rings is 2. The van der Waals surface area contributed by atoms with Crippen molar-refractivity contribution < 1.29 is 18.7 Å². The number of urea groups is 1. The van der Waals surface area contributed by atoms with Gasteiger partial charge in [-0.15, -0.1) is 0 Å². The molecule has 0 radical (unpaired) electrons. The monoisotopic (exact) mass is 386 g/mol. The van der Waals surface area contributed by atoms with Crippen molar-refractivity contribution in [3.63, 3.8) is 0 Å². The number of rotatable bonds is 6. The number of hydrogen-bond donors (Lipinski definition) is 1. The fourth-order valence-corrected chi connectivity index (χ4v) is 3.30. The molecule has 0 fully saturated rings. The molecule has 5 nitrogen and oxygen atoms in total. The van der Waals surface area contributed by atoms with Crippen molar-refractivity contribution >= 4 is 6.03 Å². The number of nitrogens with zero attached hydrogens (tertiary/aromatic N) is 1. The lowest BCUT2D eigenvalue weighted by Gasteiger charge is -2.29. The third-order valence-electron chi connectivity index (χ3n) is 4.80. The summed E-state index contributed by atoms with van der Waals surface area (Å²) in [5, 5.41) is 3.12. The summed E-state index contributed by atoms with van der Waals surface area (Å²) in [5.41, 5.74) is 1.73. The van der Waals surface area contributed by atoms with Crippen molar-refractivity contribution in [2.75, 3.05) is 19.8 Å². The van der Waals surface area contributed by atoms with Crippen LogP contribution in [0.4, 0.5) is 9.18 Å². The van der Waals surface area contributed by atoms with Crippen LogP contribution in [0.25, 0.3) is 0 Å². The van der Waals surface area contributed by atoms with Gasteiger partial charge in [0.05, 0.1) is 6.04 Å². The lowest BCUT2D eigenvalue weighted by Crippen LogP contribution is -2.42. The van der Waals surface area contributed by atoms with Crippen molar-refractivity contribution in [3.05, 3.63) is 59.4 Å². The molecule has 1 aliphatic rings. The summed E-state index contributed by atoms with van der Waals surface area (Å²) in [5.74, 6) is 1.31. The van der Waals surface area contributed by atoms with Crippen LogP contribution in [0.5, 0.6) is 11.5 Å². The smallest absolute Gasteiger partial charge is 0.318 e. The van der Waals surface area contributed by atoms with Crippen molar-refractivity contribution in [2.45, 2.75) is 33.4 Å². The summed E-state index contributed by atoms with van der Waals surface area (Å²) in [6.45, 7) is 7.97. The molecule has 1 aliphatic heterocycles. The van der Waals surface area contributed by atoms with E-state index in [9.17, 15) is 9.18 Å². The zero-order chi connectivity index (χ0) is 20.1. The van der Waals surface area contributed by atoms with Gasteiger partial charge in [0.2, 0.25) is 0 Å². The molecule has 2 aromatic rings. The summed E-state index contributed by atoms with van der Waals surface area (Å²) >= 11 is 0. The topological polar surface area (TPSA) is 50.8 Å². The van der Waals surface area contributed by atoms with Gasteiger partial charge in [0.15, 0.2) is 11.5 Å². The quantitative estimate of drug-likeness (QED) is 0.794. The molecule has 0 spiro atoms. The Hall–Kier alpha value is -2.76. The first kappa shape index (κ1) is 20.0. The molecule has 6 heteroatoms. The van der Waals surface area contributed by atoms with Gasteiger partial charge in [0.25, 0.3) is 0 Å². The largest absolute Gasteiger partial charge is 0.486 e. The van der Waals surface area contributed by atoms with Crippen molar-refractivity contribution in [3.8, 4) is 11.5 Å². The summed E-state index contributed by atoms with van der Waals surface area (Å²) in [6.07, 6.45) is 0. The van der Waals surface area contributed by atoms with Crippen LogP contribution >= 0.6 is 0 Å². The van der Waals surface area contributed by atoms with E-state index in [2.05, 4.69) is 19.2 Å². The molecule has 0 saturated carbocycles. The Labute approximate surface area is 165 Å². The molecule has 1 heterocycles. The highest BCUT2D eigenvalue weighted by molar-refractivity contribution is 5.74. The van der Waals surface area contributed by atoms with Gasteiger partial charge in [-0.2, -0.15) is 0 Å². The van der Waals surface area contributed by atoms with Crippen LogP contribution in [0.1, 0.15) is 37.9 Å². The molecule has 0 bridgehead atoms. The minimum Gasteiger partial charge on any atom is -0.486 e. The van der Waals surface area contributed by atoms with E-state index in [4.69, 9.17) is 9.47 Å². The number of ether oxygens (including phenoxy) is 2. The highest BCUT2D eigenvalue weighted by Gasteiger charge is 2.23. The highest BCUT2D eigenvalue weighted by Crippen LogP contribution is 2.34. The van der Waals surface area contributed by atoms with Crippen LogP contribution in [-0.2, 0) is 6.54 Å². The summed E-state index contributed by atoms with van der Waals surface area (Å²) in [7, 11) is 0. The number of hydrogen-bond acceptors (Lipinski definition) is 3. The molecule has 0 aromatic heterocycles. The van der Waals surface area contributed by atoms with Crippen LogP contribution in [0, 0.1) is 11.7 Å². The van der Waals surface area contributed by atoms with E-state index < -0.39 is 0 Å². The molecular weight excluding hydrogens is 359 g/mol. The van der Waals surface area contributed by atoms with Crippen molar-refractivity contribution in [2.24, 2.45) is 5.92 Å². The first-order valence-corrected chi connectivity index (χ1v) is 9.67. The molecule has 0 aliphatic carbocycles. The van der Waals surface area contributed by atoms with E-state index >= 15 is 0 Å². The molecule has 0 saturated heterocycles. The predicted octanol–water partition coefficient (Wildman–Crippen LogP) is 4.53.